The van der Waals surface area contributed by atoms with Gasteiger partial charge in [-0.15, -0.1) is 0 Å². The van der Waals surface area contributed by atoms with Crippen LogP contribution in [0.2, 0.25) is 0 Å². The summed E-state index contributed by atoms with van der Waals surface area (Å²) < 4.78 is 20.8. The Morgan fingerprint density at radius 3 is 2.22 bits per heavy atom. The van der Waals surface area contributed by atoms with Gasteiger partial charge in [-0.05, 0) is 29.0 Å². The van der Waals surface area contributed by atoms with Crippen molar-refractivity contribution in [1.29, 1.82) is 0 Å². The predicted molar refractivity (Wildman–Crippen MR) is 105 cm³/mol. The summed E-state index contributed by atoms with van der Waals surface area (Å²) in [6.07, 6.45) is 0.293. The molecule has 3 aromatic rings. The summed E-state index contributed by atoms with van der Waals surface area (Å²) in [5, 5.41) is 12.2. The first-order valence-corrected chi connectivity index (χ1v) is 8.77. The molecule has 0 saturated carbocycles. The van der Waals surface area contributed by atoms with Crippen LogP contribution in [0.25, 0.3) is 10.8 Å². The maximum atomic E-state index is 9.98. The van der Waals surface area contributed by atoms with Gasteiger partial charge in [0.1, 0.15) is 5.75 Å². The molecule has 0 saturated heterocycles. The fraction of sp³-hybridized carbons (Fsp3) is 0.273. The highest BCUT2D eigenvalue weighted by molar-refractivity contribution is 5.88. The van der Waals surface area contributed by atoms with E-state index in [-0.39, 0.29) is 6.10 Å². The number of hydrogen-bond donors (Lipinski definition) is 1. The van der Waals surface area contributed by atoms with Crippen molar-refractivity contribution in [3.05, 3.63) is 60.2 Å². The first-order chi connectivity index (χ1) is 13.2. The molecule has 0 aromatic heterocycles. The average Bonchev–Trinajstić information content (AvgIpc) is 2.73. The number of fused-ring (bicyclic) bond motifs is 3. The number of benzene rings is 3. The topological polar surface area (TPSA) is 57.2 Å². The van der Waals surface area contributed by atoms with Gasteiger partial charge in [-0.1, -0.05) is 36.4 Å². The van der Waals surface area contributed by atoms with Crippen molar-refractivity contribution in [2.24, 2.45) is 0 Å². The third-order valence-corrected chi connectivity index (χ3v) is 4.50. The van der Waals surface area contributed by atoms with E-state index in [1.54, 1.807) is 21.3 Å². The van der Waals surface area contributed by atoms with Crippen molar-refractivity contribution >= 4 is 10.8 Å². The van der Waals surface area contributed by atoms with E-state index in [4.69, 9.17) is 18.9 Å². The molecular weight excluding hydrogens is 344 g/mol. The molecule has 1 aliphatic heterocycles. The molecule has 5 heteroatoms. The fourth-order valence-corrected chi connectivity index (χ4v) is 3.19. The Morgan fingerprint density at radius 2 is 1.56 bits per heavy atom. The number of para-hydroxylation sites is 1. The lowest BCUT2D eigenvalue weighted by Gasteiger charge is -2.23. The van der Waals surface area contributed by atoms with Crippen LogP contribution in [0.3, 0.4) is 0 Å². The normalized spacial score (nSPS) is 15.0. The summed E-state index contributed by atoms with van der Waals surface area (Å²) in [5.41, 5.74) is 0.944. The maximum absolute atomic E-state index is 9.98. The van der Waals surface area contributed by atoms with Crippen molar-refractivity contribution in [3.8, 4) is 23.0 Å². The Morgan fingerprint density at radius 1 is 0.852 bits per heavy atom. The zero-order valence-corrected chi connectivity index (χ0v) is 15.8. The highest BCUT2D eigenvalue weighted by Gasteiger charge is 2.21. The van der Waals surface area contributed by atoms with Crippen molar-refractivity contribution in [2.45, 2.75) is 12.5 Å². The first kappa shape index (κ1) is 18.9. The molecule has 0 radical (unpaired) electrons. The van der Waals surface area contributed by atoms with Gasteiger partial charge in [-0.2, -0.15) is 0 Å². The first-order valence-electron chi connectivity index (χ1n) is 8.77. The lowest BCUT2D eigenvalue weighted by molar-refractivity contribution is 0.117. The van der Waals surface area contributed by atoms with Crippen LogP contribution in [0.1, 0.15) is 18.1 Å². The Labute approximate surface area is 159 Å². The van der Waals surface area contributed by atoms with E-state index in [0.717, 1.165) is 22.1 Å². The number of aliphatic hydroxyl groups is 1. The molecule has 0 fully saturated rings. The zero-order chi connectivity index (χ0) is 19.2. The Bertz CT molecular complexity index is 884. The minimum atomic E-state index is -0.389. The summed E-state index contributed by atoms with van der Waals surface area (Å²) in [4.78, 5) is 0. The monoisotopic (exact) mass is 368 g/mol. The zero-order valence-electron chi connectivity index (χ0n) is 15.8. The summed E-state index contributed by atoms with van der Waals surface area (Å²) >= 11 is 0. The van der Waals surface area contributed by atoms with Crippen LogP contribution >= 0.6 is 0 Å². The molecular formula is C22H24O5. The molecule has 4 rings (SSSR count). The van der Waals surface area contributed by atoms with Gasteiger partial charge in [-0.3, -0.25) is 0 Å². The van der Waals surface area contributed by atoms with Gasteiger partial charge in [0, 0.05) is 12.0 Å². The predicted octanol–water partition coefficient (Wildman–Crippen LogP) is 4.37. The van der Waals surface area contributed by atoms with Gasteiger partial charge in [0.05, 0.1) is 34.0 Å². The van der Waals surface area contributed by atoms with Gasteiger partial charge in [0.25, 0.3) is 0 Å². The van der Waals surface area contributed by atoms with Crippen LogP contribution < -0.4 is 18.9 Å². The number of aliphatic hydroxyl groups excluding tert-OH is 1. The molecule has 3 aromatic carbocycles. The van der Waals surface area contributed by atoms with Crippen LogP contribution in [0.15, 0.2) is 54.6 Å². The molecule has 1 N–H and O–H groups in total. The van der Waals surface area contributed by atoms with Crippen molar-refractivity contribution < 1.29 is 24.1 Å². The second-order valence-electron chi connectivity index (χ2n) is 6.05. The molecule has 0 bridgehead atoms. The lowest BCUT2D eigenvalue weighted by Crippen LogP contribution is -2.13. The quantitative estimate of drug-likeness (QED) is 0.744. The van der Waals surface area contributed by atoms with Gasteiger partial charge < -0.3 is 24.1 Å². The van der Waals surface area contributed by atoms with E-state index in [0.29, 0.717) is 30.3 Å². The molecule has 0 aliphatic carbocycles. The largest absolute Gasteiger partial charge is 0.493 e. The number of rotatable bonds is 3. The van der Waals surface area contributed by atoms with Crippen LogP contribution in [0.5, 0.6) is 23.0 Å². The number of ether oxygens (including phenoxy) is 4. The molecule has 1 heterocycles. The van der Waals surface area contributed by atoms with E-state index >= 15 is 0 Å². The van der Waals surface area contributed by atoms with Crippen LogP contribution in [0.4, 0.5) is 0 Å². The van der Waals surface area contributed by atoms with E-state index in [2.05, 4.69) is 6.07 Å². The smallest absolute Gasteiger partial charge is 0.203 e. The average molecular weight is 368 g/mol. The second-order valence-corrected chi connectivity index (χ2v) is 6.05. The molecule has 27 heavy (non-hydrogen) atoms. The van der Waals surface area contributed by atoms with Crippen molar-refractivity contribution in [1.82, 2.24) is 0 Å². The molecule has 0 spiro atoms. The van der Waals surface area contributed by atoms with E-state index in [9.17, 15) is 5.11 Å². The highest BCUT2D eigenvalue weighted by atomic mass is 16.5. The summed E-state index contributed by atoms with van der Waals surface area (Å²) in [6, 6.07) is 17.5. The molecule has 5 nitrogen and oxygen atoms in total. The molecule has 142 valence electrons. The van der Waals surface area contributed by atoms with Gasteiger partial charge >= 0.3 is 0 Å². The van der Waals surface area contributed by atoms with E-state index in [1.807, 2.05) is 48.5 Å². The maximum Gasteiger partial charge on any atom is 0.203 e. The Kier molecular flexibility index (Phi) is 6.04. The minimum Gasteiger partial charge on any atom is -0.493 e. The number of hydrogen-bond acceptors (Lipinski definition) is 5. The van der Waals surface area contributed by atoms with Crippen LogP contribution in [-0.2, 0) is 0 Å². The molecule has 1 atom stereocenters. The van der Waals surface area contributed by atoms with Crippen LogP contribution in [0, 0.1) is 0 Å². The Balaban J connectivity index is 0.000000161. The third kappa shape index (κ3) is 3.93. The highest BCUT2D eigenvalue weighted by Crippen LogP contribution is 2.37. The third-order valence-electron chi connectivity index (χ3n) is 4.50. The van der Waals surface area contributed by atoms with Gasteiger partial charge in [0.15, 0.2) is 11.5 Å². The summed E-state index contributed by atoms with van der Waals surface area (Å²) in [6.45, 7) is 0.604. The van der Waals surface area contributed by atoms with Gasteiger partial charge in [-0.25, -0.2) is 0 Å². The van der Waals surface area contributed by atoms with E-state index < -0.39 is 0 Å². The minimum absolute atomic E-state index is 0.389. The molecule has 1 unspecified atom stereocenters. The second kappa shape index (κ2) is 8.64. The lowest BCUT2D eigenvalue weighted by atomic mass is 9.96. The Hall–Kier alpha value is -2.92. The summed E-state index contributed by atoms with van der Waals surface area (Å²) in [5.74, 6) is 2.81. The molecule has 0 amide bonds. The van der Waals surface area contributed by atoms with Crippen molar-refractivity contribution in [3.63, 3.8) is 0 Å². The van der Waals surface area contributed by atoms with Crippen molar-refractivity contribution in [2.75, 3.05) is 27.9 Å². The van der Waals surface area contributed by atoms with E-state index in [1.165, 1.54) is 0 Å². The standard InChI is InChI=1S/C13H12O2.C9H12O3/c14-11-7-8-15-12-6-5-9-3-1-2-4-10(9)13(11)12;1-10-7-5-4-6-8(11-2)9(7)12-3/h1-6,11,14H,7-8H2;4-6H,1-3H3. The molecule has 1 aliphatic rings. The van der Waals surface area contributed by atoms with Crippen LogP contribution in [-0.4, -0.2) is 33.0 Å². The number of methoxy groups -OCH3 is 3. The van der Waals surface area contributed by atoms with Gasteiger partial charge in [0.2, 0.25) is 5.75 Å². The fourth-order valence-electron chi connectivity index (χ4n) is 3.19. The SMILES string of the molecule is COc1cccc(OC)c1OC.OC1CCOc2ccc3ccccc3c21. The summed E-state index contributed by atoms with van der Waals surface area (Å²) in [7, 11) is 4.77.